The Bertz CT molecular complexity index is 3270. The Labute approximate surface area is 615 Å². The second-order valence-corrected chi connectivity index (χ2v) is 26.6. The van der Waals surface area contributed by atoms with Crippen molar-refractivity contribution in [2.24, 2.45) is 11.7 Å². The van der Waals surface area contributed by atoms with Gasteiger partial charge in [0.25, 0.3) is 5.79 Å². The molecule has 108 heavy (non-hydrogen) atoms. The van der Waals surface area contributed by atoms with Gasteiger partial charge in [0.15, 0.2) is 12.6 Å². The number of rotatable bonds is 38. The van der Waals surface area contributed by atoms with E-state index in [1.807, 2.05) is 0 Å². The van der Waals surface area contributed by atoms with Gasteiger partial charge in [0.2, 0.25) is 65.0 Å². The summed E-state index contributed by atoms with van der Waals surface area (Å²) >= 11 is 0. The maximum absolute atomic E-state index is 14.3. The van der Waals surface area contributed by atoms with E-state index in [-0.39, 0.29) is 25.8 Å². The largest absolute Gasteiger partial charge is 0.481 e. The van der Waals surface area contributed by atoms with E-state index in [1.54, 1.807) is 0 Å². The Hall–Kier alpha value is -8.40. The first-order chi connectivity index (χ1) is 50.7. The monoisotopic (exact) mass is 1550 g/mol. The van der Waals surface area contributed by atoms with E-state index in [0.29, 0.717) is 5.69 Å². The van der Waals surface area contributed by atoms with Crippen molar-refractivity contribution in [3.05, 3.63) is 18.2 Å². The first-order valence-electron chi connectivity index (χ1n) is 34.2. The standard InChI is InChI=1S/C62H100N14O32/c1-22(2)39(73-37(86)16-66-51(93)29(63)12-28-15-65-21-67-28)56(98)74-40(24(4)81)57(99)72-31(17-77)53(95)68-23(3)58(100)76-11-9-10-32(76)54(96)71-30(13-38(87)88)52(94)75-41(55(97)64-8)25(5)103-59-43(70-27(7)83)48(45(90)35(19-79)104-59)106-60-47(92)50(46(91)36(20-80)105-60)108-62(61(101)102)14-33(84)42(69-26(6)82)49(107-62)44(89)34(85)18-78/h15,21-25,29-36,39-50,59-60,77-81,84-85,89-92H,9-14,16-20,63H2,1-8H3,(H,64,97)(H,65,67)(H,66,93)(H,68,95)(H,69,82)(H,70,83)(H,71,96)(H,72,99)(H,73,86)(H,74,98)(H,75,94)(H,87,88)(H,101,102)/t23-,24?,25?,29-,30-,31-,32-,33?,34+,35?,36?,39-,40-,41-,42+,43?,44+,45-,46-,47?,48?,49?,50?,59-,60-,62-/m0/s1. The minimum absolute atomic E-state index is 0.0650. The highest BCUT2D eigenvalue weighted by atomic mass is 16.8. The van der Waals surface area contributed by atoms with Crippen LogP contribution in [0.2, 0.25) is 0 Å². The number of carboxylic acid groups (broad SMARTS) is 2. The zero-order valence-electron chi connectivity index (χ0n) is 60.0. The molecule has 0 bridgehead atoms. The molecule has 0 aromatic carbocycles. The number of carbonyl (C=O) groups excluding carboxylic acids is 11. The number of ether oxygens (including phenoxy) is 6. The number of aliphatic carboxylic acids is 2. The van der Waals surface area contributed by atoms with E-state index in [2.05, 4.69) is 63.1 Å². The van der Waals surface area contributed by atoms with Crippen LogP contribution in [0.25, 0.3) is 0 Å². The fraction of sp³-hybridized carbons (Fsp3) is 0.742. The van der Waals surface area contributed by atoms with Crippen LogP contribution in [-0.4, -0.2) is 363 Å². The van der Waals surface area contributed by atoms with E-state index < -0.39 is 287 Å². The number of imidazole rings is 1. The second kappa shape index (κ2) is 40.9. The maximum Gasteiger partial charge on any atom is 0.364 e. The molecule has 5 rings (SSSR count). The zero-order valence-corrected chi connectivity index (χ0v) is 60.0. The number of likely N-dealkylation sites (N-methyl/N-ethyl adjacent to an activating group) is 1. The van der Waals surface area contributed by atoms with Crippen molar-refractivity contribution in [2.45, 2.75) is 239 Å². The van der Waals surface area contributed by atoms with Crippen molar-refractivity contribution in [2.75, 3.05) is 46.6 Å². The molecule has 4 aliphatic heterocycles. The molecule has 4 fully saturated rings. The molecule has 1 aromatic rings. The Balaban J connectivity index is 1.28. The highest BCUT2D eigenvalue weighted by Gasteiger charge is 2.61. The fourth-order valence-electron chi connectivity index (χ4n) is 12.2. The van der Waals surface area contributed by atoms with Gasteiger partial charge in [0, 0.05) is 52.2 Å². The summed E-state index contributed by atoms with van der Waals surface area (Å²) in [5.41, 5.74) is 6.47. The molecule has 11 amide bonds. The summed E-state index contributed by atoms with van der Waals surface area (Å²) in [5.74, 6) is -19.0. The third kappa shape index (κ3) is 23.6. The van der Waals surface area contributed by atoms with Crippen LogP contribution in [0, 0.1) is 5.92 Å². The number of aromatic nitrogens is 2. The number of amides is 11. The first kappa shape index (κ1) is 90.2. The van der Waals surface area contributed by atoms with Crippen molar-refractivity contribution in [1.29, 1.82) is 0 Å². The number of H-pyrrole nitrogens is 1. The zero-order chi connectivity index (χ0) is 81.1. The summed E-state index contributed by atoms with van der Waals surface area (Å²) < 4.78 is 35.0. The van der Waals surface area contributed by atoms with Gasteiger partial charge in [-0.2, -0.15) is 0 Å². The van der Waals surface area contributed by atoms with Crippen LogP contribution in [-0.2, 0) is 97.2 Å². The van der Waals surface area contributed by atoms with Crippen LogP contribution in [0.5, 0.6) is 0 Å². The molecular formula is C62H100N14O32. The third-order valence-electron chi connectivity index (χ3n) is 18.0. The van der Waals surface area contributed by atoms with Crippen molar-refractivity contribution >= 4 is 76.9 Å². The highest BCUT2D eigenvalue weighted by Crippen LogP contribution is 2.39. The molecular weight excluding hydrogens is 1450 g/mol. The molecule has 26 N–H and O–H groups in total. The lowest BCUT2D eigenvalue weighted by molar-refractivity contribution is -0.382. The number of carbonyl (C=O) groups is 13. The lowest BCUT2D eigenvalue weighted by atomic mass is 9.88. The summed E-state index contributed by atoms with van der Waals surface area (Å²) in [6, 6.07) is -16.7. The Morgan fingerprint density at radius 1 is 0.704 bits per heavy atom. The van der Waals surface area contributed by atoms with Crippen molar-refractivity contribution in [1.82, 2.24) is 68.0 Å². The first-order valence-corrected chi connectivity index (χ1v) is 34.2. The number of likely N-dealkylation sites (tertiary alicyclic amines) is 1. The molecule has 26 atom stereocenters. The molecule has 5 heterocycles. The summed E-state index contributed by atoms with van der Waals surface area (Å²) in [4.78, 5) is 181. The van der Waals surface area contributed by atoms with Crippen LogP contribution in [0.4, 0.5) is 0 Å². The average Bonchev–Trinajstić information content (AvgIpc) is 0.952. The molecule has 0 spiro atoms. The van der Waals surface area contributed by atoms with Gasteiger partial charge < -0.3 is 164 Å². The molecule has 1 aromatic heterocycles. The minimum Gasteiger partial charge on any atom is -0.481 e. The van der Waals surface area contributed by atoms with Gasteiger partial charge in [-0.05, 0) is 39.5 Å². The molecule has 46 nitrogen and oxygen atoms in total. The molecule has 10 unspecified atom stereocenters. The predicted octanol–water partition coefficient (Wildman–Crippen LogP) is -14.1. The van der Waals surface area contributed by atoms with Gasteiger partial charge in [-0.1, -0.05) is 13.8 Å². The van der Waals surface area contributed by atoms with E-state index >= 15 is 0 Å². The molecule has 0 aliphatic carbocycles. The number of carboxylic acids is 2. The highest BCUT2D eigenvalue weighted by molar-refractivity contribution is 5.99. The summed E-state index contributed by atoms with van der Waals surface area (Å²) in [6.45, 7) is 3.05. The molecule has 610 valence electrons. The summed E-state index contributed by atoms with van der Waals surface area (Å²) in [7, 11) is 1.09. The number of nitrogens with two attached hydrogens (primary N) is 1. The van der Waals surface area contributed by atoms with Gasteiger partial charge in [0.05, 0.1) is 76.1 Å². The molecule has 0 radical (unpaired) electrons. The average molecular weight is 1550 g/mol. The fourth-order valence-corrected chi connectivity index (χ4v) is 12.2. The lowest BCUT2D eigenvalue weighted by Gasteiger charge is -2.51. The van der Waals surface area contributed by atoms with Crippen LogP contribution in [0.1, 0.15) is 79.8 Å². The summed E-state index contributed by atoms with van der Waals surface area (Å²) in [5, 5.41) is 162. The minimum atomic E-state index is -3.25. The Kier molecular flexibility index (Phi) is 34.1. The molecule has 4 saturated heterocycles. The van der Waals surface area contributed by atoms with Crippen LogP contribution >= 0.6 is 0 Å². The quantitative estimate of drug-likeness (QED) is 0.0292. The van der Waals surface area contributed by atoms with Crippen LogP contribution < -0.4 is 58.9 Å². The Morgan fingerprint density at radius 3 is 1.84 bits per heavy atom. The van der Waals surface area contributed by atoms with Gasteiger partial charge >= 0.3 is 11.9 Å². The predicted molar refractivity (Wildman–Crippen MR) is 355 cm³/mol. The topological polar surface area (TPSA) is 719 Å². The van der Waals surface area contributed by atoms with Gasteiger partial charge in [-0.25, -0.2) is 9.78 Å². The number of nitrogens with one attached hydrogen (secondary N) is 11. The maximum atomic E-state index is 14.3. The number of aliphatic hydroxyl groups is 11. The number of hydrogen-bond donors (Lipinski definition) is 25. The number of aliphatic hydroxyl groups excluding tert-OH is 11. The number of aromatic amines is 1. The van der Waals surface area contributed by atoms with E-state index in [1.165, 1.54) is 26.4 Å². The van der Waals surface area contributed by atoms with E-state index in [9.17, 15) is 129 Å². The van der Waals surface area contributed by atoms with Crippen LogP contribution in [0.3, 0.4) is 0 Å². The molecule has 0 saturated carbocycles. The van der Waals surface area contributed by atoms with Crippen molar-refractivity contribution in [3.8, 4) is 0 Å². The number of nitrogens with zero attached hydrogens (tertiary/aromatic N) is 2. The third-order valence-corrected chi connectivity index (χ3v) is 18.0. The molecule has 4 aliphatic rings. The molecule has 46 heteroatoms. The normalized spacial score (nSPS) is 28.7. The van der Waals surface area contributed by atoms with E-state index in [0.717, 1.165) is 46.6 Å². The lowest BCUT2D eigenvalue weighted by Crippen LogP contribution is -2.71. The van der Waals surface area contributed by atoms with Gasteiger partial charge in [0.1, 0.15) is 109 Å². The van der Waals surface area contributed by atoms with E-state index in [4.69, 9.17) is 34.2 Å². The second-order valence-electron chi connectivity index (χ2n) is 26.6. The Morgan fingerprint density at radius 2 is 1.30 bits per heavy atom. The van der Waals surface area contributed by atoms with Crippen molar-refractivity contribution in [3.63, 3.8) is 0 Å². The summed E-state index contributed by atoms with van der Waals surface area (Å²) in [6.07, 6.45) is -30.7. The van der Waals surface area contributed by atoms with Crippen molar-refractivity contribution < 1.29 is 157 Å². The number of hydrogen-bond acceptors (Lipinski definition) is 32. The SMILES string of the molecule is CNC(=O)[C@@H](NC(=O)[C@H](CC(=O)O)NC(=O)[C@@H]1CCCN1C(=O)[C@H](C)NC(=O)[C@H](CO)NC(=O)[C@@H](NC(=O)[C@@H](NC(=O)CNC(=O)[C@@H](N)Cc1cnc[nH]1)C(C)C)C(C)O)C(C)O[C@H]1OC(CO)[C@H](O)C(O[C@@H]2OC(CO)[C@H](O)C(O[C@]3(C(=O)O)CC(O)[C@@H](NC(C)=O)C([C@H](O)[C@H](O)CO)O3)C2O)C1NC(C)=O. The van der Waals surface area contributed by atoms with Gasteiger partial charge in [-0.15, -0.1) is 0 Å². The van der Waals surface area contributed by atoms with Crippen LogP contribution in [0.15, 0.2) is 12.5 Å². The van der Waals surface area contributed by atoms with Gasteiger partial charge in [-0.3, -0.25) is 57.5 Å². The smallest absolute Gasteiger partial charge is 0.364 e.